The fourth-order valence-electron chi connectivity index (χ4n) is 0.576. The van der Waals surface area contributed by atoms with Crippen molar-refractivity contribution < 1.29 is 5.21 Å². The van der Waals surface area contributed by atoms with E-state index in [0.29, 0.717) is 5.84 Å². The van der Waals surface area contributed by atoms with Gasteiger partial charge < -0.3 is 10.1 Å². The summed E-state index contributed by atoms with van der Waals surface area (Å²) in [5, 5.41) is 11.2. The second kappa shape index (κ2) is 5.70. The molecule has 0 atom stereocenters. The van der Waals surface area contributed by atoms with E-state index >= 15 is 0 Å². The van der Waals surface area contributed by atoms with Crippen molar-refractivity contribution in [1.82, 2.24) is 4.90 Å². The Hall–Kier alpha value is -1.06. The highest BCUT2D eigenvalue weighted by Crippen LogP contribution is 1.84. The first-order valence-electron chi connectivity index (χ1n) is 3.61. The van der Waals surface area contributed by atoms with Gasteiger partial charge in [-0.15, -0.1) is 0 Å². The Morgan fingerprint density at radius 2 is 2.18 bits per heavy atom. The molecule has 0 saturated heterocycles. The van der Waals surface area contributed by atoms with Crippen LogP contribution in [0.4, 0.5) is 0 Å². The zero-order chi connectivity index (χ0) is 8.69. The summed E-state index contributed by atoms with van der Waals surface area (Å²) in [7, 11) is 3.71. The Labute approximate surface area is 67.2 Å². The lowest BCUT2D eigenvalue weighted by Crippen LogP contribution is -2.23. The first-order valence-corrected chi connectivity index (χ1v) is 3.61. The van der Waals surface area contributed by atoms with Crippen LogP contribution >= 0.6 is 0 Å². The Morgan fingerprint density at radius 1 is 1.55 bits per heavy atom. The molecule has 0 aromatic rings. The Kier molecular flexibility index (Phi) is 5.15. The second-order valence-electron chi connectivity index (χ2n) is 2.38. The van der Waals surface area contributed by atoms with Gasteiger partial charge in [0.05, 0.1) is 0 Å². The van der Waals surface area contributed by atoms with Crippen LogP contribution in [0.3, 0.4) is 0 Å². The van der Waals surface area contributed by atoms with Gasteiger partial charge in [-0.05, 0) is 6.42 Å². The molecule has 64 valence electrons. The fraction of sp³-hybridized carbons (Fsp3) is 0.714. The Bertz CT molecular complexity index is 152. The van der Waals surface area contributed by atoms with Crippen LogP contribution in [-0.2, 0) is 0 Å². The lowest BCUT2D eigenvalue weighted by atomic mass is 10.5. The number of aliphatic imine (C=N–C) groups is 1. The molecular formula is C7H15N3O. The summed E-state index contributed by atoms with van der Waals surface area (Å²) in [6.07, 6.45) is 2.33. The second-order valence-corrected chi connectivity index (χ2v) is 2.38. The maximum absolute atomic E-state index is 8.25. The number of nitrogens with zero attached hydrogens (tertiary/aromatic N) is 3. The third-order valence-corrected chi connectivity index (χ3v) is 1.13. The smallest absolute Gasteiger partial charge is 0.145 e. The van der Waals surface area contributed by atoms with Crippen LogP contribution < -0.4 is 0 Å². The third-order valence-electron chi connectivity index (χ3n) is 1.13. The molecule has 0 aliphatic rings. The topological polar surface area (TPSA) is 48.2 Å². The van der Waals surface area contributed by atoms with Crippen LogP contribution in [-0.4, -0.2) is 42.8 Å². The molecule has 0 saturated carbocycles. The van der Waals surface area contributed by atoms with Crippen LogP contribution in [0.5, 0.6) is 0 Å². The van der Waals surface area contributed by atoms with Crippen molar-refractivity contribution >= 4 is 12.1 Å². The Morgan fingerprint density at radius 3 is 2.55 bits per heavy atom. The van der Waals surface area contributed by atoms with E-state index in [0.717, 1.165) is 13.0 Å². The van der Waals surface area contributed by atoms with Gasteiger partial charge in [0, 0.05) is 20.6 Å². The monoisotopic (exact) mass is 157 g/mol. The van der Waals surface area contributed by atoms with Crippen LogP contribution in [0.2, 0.25) is 0 Å². The minimum atomic E-state index is 0.689. The maximum atomic E-state index is 8.25. The van der Waals surface area contributed by atoms with Gasteiger partial charge in [-0.25, -0.2) is 0 Å². The van der Waals surface area contributed by atoms with Crippen LogP contribution in [0.25, 0.3) is 0 Å². The number of rotatable bonds is 3. The lowest BCUT2D eigenvalue weighted by Gasteiger charge is -2.10. The summed E-state index contributed by atoms with van der Waals surface area (Å²) in [5.41, 5.74) is 0. The first-order chi connectivity index (χ1) is 5.22. The lowest BCUT2D eigenvalue weighted by molar-refractivity contribution is 0.322. The first kappa shape index (κ1) is 9.94. The molecule has 0 spiro atoms. The summed E-state index contributed by atoms with van der Waals surface area (Å²) in [5.74, 6) is 0.689. The van der Waals surface area contributed by atoms with Gasteiger partial charge in [0.25, 0.3) is 0 Å². The molecule has 11 heavy (non-hydrogen) atoms. The van der Waals surface area contributed by atoms with Crippen LogP contribution in [0.1, 0.15) is 13.3 Å². The highest BCUT2D eigenvalue weighted by atomic mass is 16.4. The van der Waals surface area contributed by atoms with Gasteiger partial charge in [0.15, 0.2) is 0 Å². The largest absolute Gasteiger partial charge is 0.411 e. The van der Waals surface area contributed by atoms with E-state index in [2.05, 4.69) is 10.1 Å². The van der Waals surface area contributed by atoms with Crippen LogP contribution in [0, 0.1) is 0 Å². The van der Waals surface area contributed by atoms with Gasteiger partial charge in [0.1, 0.15) is 12.1 Å². The predicted octanol–water partition coefficient (Wildman–Crippen LogP) is 0.817. The Balaban J connectivity index is 4.08. The number of oxime groups is 1. The summed E-state index contributed by atoms with van der Waals surface area (Å²) >= 11 is 0. The molecule has 0 amide bonds. The molecule has 0 heterocycles. The maximum Gasteiger partial charge on any atom is 0.145 e. The molecule has 0 unspecified atom stereocenters. The normalized spacial score (nSPS) is 12.5. The fourth-order valence-corrected chi connectivity index (χ4v) is 0.576. The molecule has 4 heteroatoms. The molecule has 0 aromatic heterocycles. The summed E-state index contributed by atoms with van der Waals surface area (Å²) in [6, 6.07) is 0. The average Bonchev–Trinajstić information content (AvgIpc) is 1.97. The van der Waals surface area contributed by atoms with Crippen LogP contribution in [0.15, 0.2) is 10.1 Å². The van der Waals surface area contributed by atoms with Gasteiger partial charge >= 0.3 is 0 Å². The molecule has 0 rings (SSSR count). The van der Waals surface area contributed by atoms with Gasteiger partial charge in [-0.1, -0.05) is 12.1 Å². The molecular weight excluding hydrogens is 142 g/mol. The van der Waals surface area contributed by atoms with Crippen molar-refractivity contribution in [2.24, 2.45) is 10.1 Å². The SMILES string of the molecule is CCCN=C(/C=N/O)N(C)C. The molecule has 0 aliphatic heterocycles. The standard InChI is InChI=1S/C7H15N3O/c1-4-5-8-7(6-9-11)10(2)3/h6,11H,4-5H2,1-3H3/b8-7?,9-6+. The predicted molar refractivity (Wildman–Crippen MR) is 46.6 cm³/mol. The van der Waals surface area contributed by atoms with E-state index in [4.69, 9.17) is 5.21 Å². The molecule has 0 radical (unpaired) electrons. The molecule has 0 fully saturated rings. The van der Waals surface area contributed by atoms with E-state index in [-0.39, 0.29) is 0 Å². The van der Waals surface area contributed by atoms with Crippen molar-refractivity contribution in [1.29, 1.82) is 0 Å². The van der Waals surface area contributed by atoms with Crippen molar-refractivity contribution in [2.45, 2.75) is 13.3 Å². The third kappa shape index (κ3) is 4.36. The number of hydrogen-bond acceptors (Lipinski definition) is 3. The average molecular weight is 157 g/mol. The molecule has 0 aliphatic carbocycles. The summed E-state index contributed by atoms with van der Waals surface area (Å²) in [4.78, 5) is 5.97. The minimum Gasteiger partial charge on any atom is -0.411 e. The zero-order valence-electron chi connectivity index (χ0n) is 7.28. The molecule has 0 aromatic carbocycles. The van der Waals surface area contributed by atoms with Crippen molar-refractivity contribution in [3.63, 3.8) is 0 Å². The van der Waals surface area contributed by atoms with E-state index in [1.54, 1.807) is 4.90 Å². The minimum absolute atomic E-state index is 0.689. The molecule has 0 bridgehead atoms. The molecule has 4 nitrogen and oxygen atoms in total. The number of hydrogen-bond donors (Lipinski definition) is 1. The highest BCUT2D eigenvalue weighted by molar-refractivity contribution is 6.28. The van der Waals surface area contributed by atoms with E-state index in [1.807, 2.05) is 21.0 Å². The van der Waals surface area contributed by atoms with Gasteiger partial charge in [-0.3, -0.25) is 4.99 Å². The molecule has 1 N–H and O–H groups in total. The van der Waals surface area contributed by atoms with E-state index < -0.39 is 0 Å². The quantitative estimate of drug-likeness (QED) is 0.285. The van der Waals surface area contributed by atoms with Crippen molar-refractivity contribution in [3.05, 3.63) is 0 Å². The summed E-state index contributed by atoms with van der Waals surface area (Å²) < 4.78 is 0. The van der Waals surface area contributed by atoms with Gasteiger partial charge in [-0.2, -0.15) is 0 Å². The van der Waals surface area contributed by atoms with Gasteiger partial charge in [0.2, 0.25) is 0 Å². The highest BCUT2D eigenvalue weighted by Gasteiger charge is 1.95. The van der Waals surface area contributed by atoms with Crippen molar-refractivity contribution in [2.75, 3.05) is 20.6 Å². The zero-order valence-corrected chi connectivity index (χ0v) is 7.28. The summed E-state index contributed by atoms with van der Waals surface area (Å²) in [6.45, 7) is 2.81. The van der Waals surface area contributed by atoms with Crippen molar-refractivity contribution in [3.8, 4) is 0 Å². The van der Waals surface area contributed by atoms with E-state index in [1.165, 1.54) is 6.21 Å². The number of amidine groups is 1. The van der Waals surface area contributed by atoms with E-state index in [9.17, 15) is 0 Å².